The Labute approximate surface area is 115 Å². The molecule has 0 saturated carbocycles. The summed E-state index contributed by atoms with van der Waals surface area (Å²) in [6.45, 7) is 0.380. The van der Waals surface area contributed by atoms with E-state index in [2.05, 4.69) is 0 Å². The highest BCUT2D eigenvalue weighted by Gasteiger charge is 2.09. The third kappa shape index (κ3) is 2.75. The second-order valence-corrected chi connectivity index (χ2v) is 5.17. The number of rotatable bonds is 4. The van der Waals surface area contributed by atoms with Crippen molar-refractivity contribution < 1.29 is 4.79 Å². The molecule has 0 fully saturated rings. The van der Waals surface area contributed by atoms with Crippen LogP contribution in [-0.2, 0) is 6.54 Å². The average Bonchev–Trinajstić information content (AvgIpc) is 2.40. The van der Waals surface area contributed by atoms with Gasteiger partial charge in [0.05, 0.1) is 0 Å². The molecule has 2 rings (SSSR count). The van der Waals surface area contributed by atoms with Gasteiger partial charge in [0.25, 0.3) is 0 Å². The molecule has 18 heavy (non-hydrogen) atoms. The minimum absolute atomic E-state index is 0.380. The zero-order valence-corrected chi connectivity index (χ0v) is 11.2. The largest absolute Gasteiger partial charge is 0.326 e. The number of nitrogens with two attached hydrogens (primary N) is 1. The predicted molar refractivity (Wildman–Crippen MR) is 75.3 cm³/mol. The lowest BCUT2D eigenvalue weighted by molar-refractivity contribution is 0.112. The van der Waals surface area contributed by atoms with Gasteiger partial charge in [-0.2, -0.15) is 0 Å². The van der Waals surface area contributed by atoms with E-state index in [1.165, 1.54) is 11.8 Å². The van der Waals surface area contributed by atoms with Gasteiger partial charge >= 0.3 is 0 Å². The number of aldehydes is 1. The summed E-state index contributed by atoms with van der Waals surface area (Å²) in [6.07, 6.45) is 0.856. The molecule has 0 saturated heterocycles. The molecular weight excluding hydrogens is 266 g/mol. The van der Waals surface area contributed by atoms with Crippen molar-refractivity contribution in [3.05, 3.63) is 58.6 Å². The molecule has 0 aliphatic carbocycles. The number of carbonyl (C=O) groups excluding carboxylic acids is 1. The van der Waals surface area contributed by atoms with E-state index in [4.69, 9.17) is 17.3 Å². The summed E-state index contributed by atoms with van der Waals surface area (Å²) >= 11 is 7.62. The topological polar surface area (TPSA) is 43.1 Å². The van der Waals surface area contributed by atoms with Crippen molar-refractivity contribution in [3.8, 4) is 0 Å². The number of carbonyl (C=O) groups is 1. The number of hydrogen-bond acceptors (Lipinski definition) is 3. The lowest BCUT2D eigenvalue weighted by Gasteiger charge is -2.10. The fourth-order valence-corrected chi connectivity index (χ4v) is 3.01. The molecule has 0 bridgehead atoms. The van der Waals surface area contributed by atoms with E-state index < -0.39 is 0 Å². The summed E-state index contributed by atoms with van der Waals surface area (Å²) in [5, 5.41) is 0.658. The van der Waals surface area contributed by atoms with Crippen LogP contribution in [-0.4, -0.2) is 6.29 Å². The lowest BCUT2D eigenvalue weighted by atomic mass is 10.2. The van der Waals surface area contributed by atoms with Crippen LogP contribution in [0.25, 0.3) is 0 Å². The van der Waals surface area contributed by atoms with Gasteiger partial charge in [0.2, 0.25) is 0 Å². The first-order chi connectivity index (χ1) is 8.76. The maximum absolute atomic E-state index is 11.0. The van der Waals surface area contributed by atoms with Crippen molar-refractivity contribution in [3.63, 3.8) is 0 Å². The maximum atomic E-state index is 11.0. The molecule has 0 aliphatic heterocycles. The Morgan fingerprint density at radius 3 is 2.56 bits per heavy atom. The molecule has 2 aromatic carbocycles. The maximum Gasteiger partial charge on any atom is 0.151 e. The Balaban J connectivity index is 2.40. The fourth-order valence-electron chi connectivity index (χ4n) is 1.62. The third-order valence-corrected chi connectivity index (χ3v) is 4.09. The quantitative estimate of drug-likeness (QED) is 0.865. The van der Waals surface area contributed by atoms with Crippen molar-refractivity contribution in [2.45, 2.75) is 16.3 Å². The van der Waals surface area contributed by atoms with E-state index >= 15 is 0 Å². The van der Waals surface area contributed by atoms with E-state index in [9.17, 15) is 4.79 Å². The van der Waals surface area contributed by atoms with Gasteiger partial charge in [-0.3, -0.25) is 4.79 Å². The number of hydrogen-bond donors (Lipinski definition) is 1. The highest BCUT2D eigenvalue weighted by atomic mass is 35.5. The molecule has 2 nitrogen and oxygen atoms in total. The lowest BCUT2D eigenvalue weighted by Crippen LogP contribution is -1.99. The van der Waals surface area contributed by atoms with Crippen molar-refractivity contribution in [1.82, 2.24) is 0 Å². The molecular formula is C14H12ClNOS. The van der Waals surface area contributed by atoms with Crippen LogP contribution in [0, 0.1) is 0 Å². The summed E-state index contributed by atoms with van der Waals surface area (Å²) in [7, 11) is 0. The molecule has 0 amide bonds. The predicted octanol–water partition coefficient (Wildman–Crippen LogP) is 3.76. The monoisotopic (exact) mass is 277 g/mol. The zero-order valence-electron chi connectivity index (χ0n) is 9.60. The summed E-state index contributed by atoms with van der Waals surface area (Å²) in [6, 6.07) is 13.1. The smallest absolute Gasteiger partial charge is 0.151 e. The summed E-state index contributed by atoms with van der Waals surface area (Å²) in [5.41, 5.74) is 7.29. The van der Waals surface area contributed by atoms with E-state index in [0.717, 1.165) is 21.6 Å². The van der Waals surface area contributed by atoms with E-state index in [1.54, 1.807) is 6.07 Å². The fraction of sp³-hybridized carbons (Fsp3) is 0.0714. The van der Waals surface area contributed by atoms with Gasteiger partial charge < -0.3 is 5.73 Å². The van der Waals surface area contributed by atoms with E-state index in [1.807, 2.05) is 36.4 Å². The standard InChI is InChI=1S/C14H12ClNOS/c15-12-5-3-7-14(11(12)8-16)18-13-6-2-1-4-10(13)9-17/h1-7,9H,8,16H2. The van der Waals surface area contributed by atoms with Gasteiger partial charge in [0, 0.05) is 26.9 Å². The molecule has 0 radical (unpaired) electrons. The van der Waals surface area contributed by atoms with Crippen LogP contribution in [0.15, 0.2) is 52.3 Å². The van der Waals surface area contributed by atoms with Crippen LogP contribution >= 0.6 is 23.4 Å². The molecule has 92 valence electrons. The van der Waals surface area contributed by atoms with Crippen LogP contribution in [0.1, 0.15) is 15.9 Å². The molecule has 4 heteroatoms. The van der Waals surface area contributed by atoms with Gasteiger partial charge in [-0.25, -0.2) is 0 Å². The van der Waals surface area contributed by atoms with Gasteiger partial charge in [0.1, 0.15) is 0 Å². The molecule has 0 atom stereocenters. The first-order valence-electron chi connectivity index (χ1n) is 5.45. The molecule has 2 aromatic rings. The van der Waals surface area contributed by atoms with Crippen molar-refractivity contribution >= 4 is 29.6 Å². The van der Waals surface area contributed by atoms with Gasteiger partial charge in [-0.05, 0) is 23.8 Å². The summed E-state index contributed by atoms with van der Waals surface area (Å²) in [5.74, 6) is 0. The van der Waals surface area contributed by atoms with Crippen LogP contribution < -0.4 is 5.73 Å². The third-order valence-electron chi connectivity index (χ3n) is 2.55. The first kappa shape index (κ1) is 13.1. The second kappa shape index (κ2) is 6.05. The average molecular weight is 278 g/mol. The molecule has 0 aromatic heterocycles. The Kier molecular flexibility index (Phi) is 4.42. The van der Waals surface area contributed by atoms with Crippen molar-refractivity contribution in [2.75, 3.05) is 0 Å². The van der Waals surface area contributed by atoms with E-state index in [0.29, 0.717) is 17.1 Å². The number of halogens is 1. The summed E-state index contributed by atoms with van der Waals surface area (Å²) in [4.78, 5) is 12.9. The minimum atomic E-state index is 0.380. The first-order valence-corrected chi connectivity index (χ1v) is 6.65. The van der Waals surface area contributed by atoms with Gasteiger partial charge in [-0.15, -0.1) is 0 Å². The van der Waals surface area contributed by atoms with Crippen LogP contribution in [0.2, 0.25) is 5.02 Å². The molecule has 0 aliphatic rings. The Bertz CT molecular complexity index is 571. The van der Waals surface area contributed by atoms with Crippen LogP contribution in [0.5, 0.6) is 0 Å². The summed E-state index contributed by atoms with van der Waals surface area (Å²) < 4.78 is 0. The van der Waals surface area contributed by atoms with Crippen molar-refractivity contribution in [1.29, 1.82) is 0 Å². The second-order valence-electron chi connectivity index (χ2n) is 3.68. The van der Waals surface area contributed by atoms with Crippen molar-refractivity contribution in [2.24, 2.45) is 5.73 Å². The Morgan fingerprint density at radius 2 is 1.83 bits per heavy atom. The van der Waals surface area contributed by atoms with Crippen LogP contribution in [0.3, 0.4) is 0 Å². The molecule has 0 unspecified atom stereocenters. The Hall–Kier alpha value is -1.29. The van der Waals surface area contributed by atoms with Gasteiger partial charge in [0.15, 0.2) is 6.29 Å². The van der Waals surface area contributed by atoms with Gasteiger partial charge in [-0.1, -0.05) is 47.6 Å². The minimum Gasteiger partial charge on any atom is -0.326 e. The van der Waals surface area contributed by atoms with Crippen LogP contribution in [0.4, 0.5) is 0 Å². The zero-order chi connectivity index (χ0) is 13.0. The highest BCUT2D eigenvalue weighted by Crippen LogP contribution is 2.34. The molecule has 0 spiro atoms. The molecule has 2 N–H and O–H groups in total. The normalized spacial score (nSPS) is 10.3. The number of benzene rings is 2. The SMILES string of the molecule is NCc1c(Cl)cccc1Sc1ccccc1C=O. The van der Waals surface area contributed by atoms with E-state index in [-0.39, 0.29) is 0 Å². The Morgan fingerprint density at radius 1 is 1.11 bits per heavy atom. The highest BCUT2D eigenvalue weighted by molar-refractivity contribution is 7.99. The molecule has 0 heterocycles.